The van der Waals surface area contributed by atoms with Gasteiger partial charge in [0.15, 0.2) is 5.78 Å². The average molecular weight is 821 g/mol. The summed E-state index contributed by atoms with van der Waals surface area (Å²) in [5, 5.41) is 0. The maximum Gasteiger partial charge on any atom is 0.297 e. The predicted molar refractivity (Wildman–Crippen MR) is 227 cm³/mol. The van der Waals surface area contributed by atoms with Gasteiger partial charge in [0.2, 0.25) is 21.8 Å². The van der Waals surface area contributed by atoms with Gasteiger partial charge >= 0.3 is 0 Å². The second-order valence-corrected chi connectivity index (χ2v) is 19.9. The molecule has 5 atom stereocenters. The Balaban J connectivity index is 1.13. The van der Waals surface area contributed by atoms with Crippen LogP contribution in [0.5, 0.6) is 11.8 Å². The fourth-order valence-corrected chi connectivity index (χ4v) is 10.5. The number of ether oxygens (including phenoxy) is 2. The van der Waals surface area contributed by atoms with Gasteiger partial charge in [0.05, 0.1) is 35.4 Å². The molecule has 4 aromatic rings. The van der Waals surface area contributed by atoms with Crippen LogP contribution in [-0.2, 0) is 30.8 Å². The maximum absolute atomic E-state index is 14.9. The van der Waals surface area contributed by atoms with E-state index in [4.69, 9.17) is 14.5 Å². The lowest BCUT2D eigenvalue weighted by molar-refractivity contribution is -0.142. The molecule has 4 aliphatic rings. The van der Waals surface area contributed by atoms with Crippen molar-refractivity contribution in [2.45, 2.75) is 114 Å². The average Bonchev–Trinajstić information content (AvgIpc) is 4.04. The summed E-state index contributed by atoms with van der Waals surface area (Å²) in [4.78, 5) is 50.6. The third-order valence-electron chi connectivity index (χ3n) is 13.1. The number of hydrogen-bond donors (Lipinski definition) is 1. The van der Waals surface area contributed by atoms with Crippen LogP contribution in [0.1, 0.15) is 96.6 Å². The highest BCUT2D eigenvalue weighted by Crippen LogP contribution is 2.57. The molecule has 0 radical (unpaired) electrons. The second-order valence-electron chi connectivity index (χ2n) is 17.7. The van der Waals surface area contributed by atoms with Gasteiger partial charge < -0.3 is 14.4 Å². The van der Waals surface area contributed by atoms with Crippen LogP contribution < -0.4 is 14.2 Å². The zero-order chi connectivity index (χ0) is 41.5. The summed E-state index contributed by atoms with van der Waals surface area (Å²) in [6, 6.07) is 23.4. The number of Topliss-reactive ketones (excluding diaryl/α,β-unsaturated/α-hetero) is 1. The van der Waals surface area contributed by atoms with Crippen molar-refractivity contribution in [2.75, 3.05) is 13.7 Å². The number of benzene rings is 3. The molecule has 2 aliphatic heterocycles. The van der Waals surface area contributed by atoms with E-state index >= 15 is 0 Å². The number of fused-ring (bicyclic) bond motifs is 3. The van der Waals surface area contributed by atoms with Crippen molar-refractivity contribution in [1.82, 2.24) is 19.2 Å². The fraction of sp³-hybridized carbons (Fsp3) is 0.489. The van der Waals surface area contributed by atoms with E-state index in [1.54, 1.807) is 18.9 Å². The van der Waals surface area contributed by atoms with Gasteiger partial charge in [-0.3, -0.25) is 23.7 Å². The normalized spacial score (nSPS) is 26.4. The summed E-state index contributed by atoms with van der Waals surface area (Å²) in [6.07, 6.45) is 9.68. The number of rotatable bonds is 10. The van der Waals surface area contributed by atoms with E-state index in [1.807, 2.05) is 78.9 Å². The van der Waals surface area contributed by atoms with Crippen LogP contribution in [0, 0.1) is 17.3 Å². The van der Waals surface area contributed by atoms with Crippen molar-refractivity contribution >= 4 is 38.7 Å². The summed E-state index contributed by atoms with van der Waals surface area (Å²) >= 11 is 0. The first-order valence-corrected chi connectivity index (χ1v) is 22.7. The molecular weight excluding hydrogens is 765 g/mol. The molecule has 3 heterocycles. The molecule has 59 heavy (non-hydrogen) atoms. The number of imidazole rings is 1. The first-order valence-electron chi connectivity index (χ1n) is 21.2. The molecule has 312 valence electrons. The van der Waals surface area contributed by atoms with Crippen LogP contribution in [0.4, 0.5) is 0 Å². The van der Waals surface area contributed by atoms with Gasteiger partial charge in [0, 0.05) is 30.4 Å². The molecule has 2 aliphatic carbocycles. The van der Waals surface area contributed by atoms with Crippen LogP contribution in [-0.4, -0.2) is 71.0 Å². The molecule has 0 bridgehead atoms. The van der Waals surface area contributed by atoms with Crippen LogP contribution in [0.2, 0.25) is 0 Å². The van der Waals surface area contributed by atoms with Crippen molar-refractivity contribution in [1.29, 1.82) is 0 Å². The molecule has 2 amide bonds. The van der Waals surface area contributed by atoms with Gasteiger partial charge in [0.1, 0.15) is 17.4 Å². The molecule has 2 saturated carbocycles. The topological polar surface area (TPSA) is 137 Å². The minimum Gasteiger partial charge on any atom is -0.497 e. The Labute approximate surface area is 347 Å². The highest BCUT2D eigenvalue weighted by molar-refractivity contribution is 7.91. The fourth-order valence-electron chi connectivity index (χ4n) is 9.17. The van der Waals surface area contributed by atoms with E-state index in [-0.39, 0.29) is 49.0 Å². The van der Waals surface area contributed by atoms with Gasteiger partial charge in [-0.25, -0.2) is 8.42 Å². The number of aromatic nitrogens is 2. The lowest BCUT2D eigenvalue weighted by Crippen LogP contribution is -2.47. The Kier molecular flexibility index (Phi) is 11.2. The van der Waals surface area contributed by atoms with Crippen LogP contribution in [0.25, 0.3) is 22.2 Å². The minimum absolute atomic E-state index is 0.0201. The number of nitrogens with zero attached hydrogens (tertiary/aromatic N) is 3. The molecule has 0 spiro atoms. The van der Waals surface area contributed by atoms with E-state index in [0.29, 0.717) is 38.1 Å². The van der Waals surface area contributed by atoms with E-state index in [2.05, 4.69) is 29.2 Å². The number of nitrogens with one attached hydrogen (secondary N) is 1. The smallest absolute Gasteiger partial charge is 0.297 e. The number of hydrogen-bond acceptors (Lipinski definition) is 8. The number of carbonyl (C=O) groups excluding carboxylic acids is 3. The molecule has 1 N–H and O–H groups in total. The number of sulfonamides is 1. The predicted octanol–water partition coefficient (Wildman–Crippen LogP) is 7.98. The molecule has 3 fully saturated rings. The van der Waals surface area contributed by atoms with Crippen molar-refractivity contribution < 1.29 is 32.3 Å². The van der Waals surface area contributed by atoms with Gasteiger partial charge in [0.25, 0.3) is 6.01 Å². The maximum atomic E-state index is 14.9. The highest BCUT2D eigenvalue weighted by Gasteiger charge is 2.62. The van der Waals surface area contributed by atoms with E-state index in [0.717, 1.165) is 59.2 Å². The number of para-hydroxylation sites is 1. The Morgan fingerprint density at radius 3 is 2.53 bits per heavy atom. The Morgan fingerprint density at radius 1 is 1.00 bits per heavy atom. The molecule has 11 nitrogen and oxygen atoms in total. The third-order valence-corrected chi connectivity index (χ3v) is 15.3. The van der Waals surface area contributed by atoms with E-state index in [9.17, 15) is 22.8 Å². The summed E-state index contributed by atoms with van der Waals surface area (Å²) in [5.74, 6) is -0.864. The summed E-state index contributed by atoms with van der Waals surface area (Å²) < 4.78 is 42.4. The zero-order valence-electron chi connectivity index (χ0n) is 34.6. The SMILES string of the molecule is COc1cccc(-c2cccc3c2nc(O[C@@H]2C[C@H]4C(=O)C[C@]5(C(=O)NS(=O)(=O)C6(C)CC6)C[C@H]5/C=C\CCCCC[C@H](Cc5ccccc5)C(=O)N4C2)n3C(C)C)c1. The first-order chi connectivity index (χ1) is 28.3. The second kappa shape index (κ2) is 16.2. The molecule has 1 saturated heterocycles. The van der Waals surface area contributed by atoms with Crippen molar-refractivity contribution in [2.24, 2.45) is 17.3 Å². The molecule has 8 rings (SSSR count). The number of amides is 2. The Bertz CT molecular complexity index is 2370. The molecule has 3 aromatic carbocycles. The van der Waals surface area contributed by atoms with Crippen molar-refractivity contribution in [3.05, 3.63) is 90.5 Å². The highest BCUT2D eigenvalue weighted by atomic mass is 32.2. The quantitative estimate of drug-likeness (QED) is 0.159. The zero-order valence-corrected chi connectivity index (χ0v) is 35.4. The number of ketones is 1. The monoisotopic (exact) mass is 820 g/mol. The van der Waals surface area contributed by atoms with Gasteiger partial charge in [-0.05, 0) is 101 Å². The molecule has 1 aromatic heterocycles. The van der Waals surface area contributed by atoms with E-state index < -0.39 is 38.2 Å². The summed E-state index contributed by atoms with van der Waals surface area (Å²) in [5.41, 5.74) is 3.39. The lowest BCUT2D eigenvalue weighted by atomic mass is 9.90. The number of allylic oxidation sites excluding steroid dienone is 2. The summed E-state index contributed by atoms with van der Waals surface area (Å²) in [7, 11) is -2.28. The largest absolute Gasteiger partial charge is 0.497 e. The lowest BCUT2D eigenvalue weighted by Gasteiger charge is -2.29. The number of methoxy groups -OCH3 is 1. The third kappa shape index (κ3) is 8.17. The Hall–Kier alpha value is -4.97. The number of carbonyl (C=O) groups is 3. The van der Waals surface area contributed by atoms with Crippen molar-refractivity contribution in [3.8, 4) is 22.9 Å². The van der Waals surface area contributed by atoms with Gasteiger partial charge in [-0.1, -0.05) is 79.6 Å². The molecular formula is C47H56N4O7S. The van der Waals surface area contributed by atoms with Crippen molar-refractivity contribution in [3.63, 3.8) is 0 Å². The summed E-state index contributed by atoms with van der Waals surface area (Å²) in [6.45, 7) is 5.97. The molecule has 12 heteroatoms. The standard InChI is InChI=1S/C47H56N4O7S/c1-31(2)51-39-22-14-21-38(33-18-13-20-36(26-33)57-4)42(39)48-45(51)58-37-27-40-41(52)29-47(44(54)49-59(55,56)46(3)23-24-46)28-35(47)19-12-7-5-6-11-17-34(43(53)50(40)30-37)25-32-15-9-8-10-16-32/h8-10,12-16,18-22,26,31,34-35,37,40H,5-7,11,17,23-25,27-30H2,1-4H3,(H,49,54)/b19-12-/t34-,35-,37-,40+,47-/m1/s1. The van der Waals surface area contributed by atoms with Gasteiger partial charge in [-0.15, -0.1) is 0 Å². The van der Waals surface area contributed by atoms with E-state index in [1.165, 1.54) is 0 Å². The minimum atomic E-state index is -3.92. The van der Waals surface area contributed by atoms with Crippen LogP contribution in [0.3, 0.4) is 0 Å². The Morgan fingerprint density at radius 2 is 1.78 bits per heavy atom. The van der Waals surface area contributed by atoms with Crippen LogP contribution >= 0.6 is 0 Å². The molecule has 0 unspecified atom stereocenters. The van der Waals surface area contributed by atoms with Crippen LogP contribution in [0.15, 0.2) is 84.9 Å². The first kappa shape index (κ1) is 40.8. The van der Waals surface area contributed by atoms with Gasteiger partial charge in [-0.2, -0.15) is 4.98 Å².